The number of hydrogen-bond donors (Lipinski definition) is 1. The summed E-state index contributed by atoms with van der Waals surface area (Å²) >= 11 is 0. The van der Waals surface area contributed by atoms with Crippen molar-refractivity contribution in [1.29, 1.82) is 0 Å². The fourth-order valence-corrected chi connectivity index (χ4v) is 2.33. The van der Waals surface area contributed by atoms with Crippen molar-refractivity contribution in [3.8, 4) is 11.1 Å². The summed E-state index contributed by atoms with van der Waals surface area (Å²) in [5.74, 6) is -2.94. The van der Waals surface area contributed by atoms with E-state index in [9.17, 15) is 13.2 Å². The summed E-state index contributed by atoms with van der Waals surface area (Å²) in [7, 11) is 0. The van der Waals surface area contributed by atoms with Gasteiger partial charge in [0.15, 0.2) is 11.6 Å². The molecule has 2 aromatic carbocycles. The van der Waals surface area contributed by atoms with Gasteiger partial charge in [-0.2, -0.15) is 0 Å². The van der Waals surface area contributed by atoms with Crippen molar-refractivity contribution in [2.24, 2.45) is 0 Å². The molecule has 0 aromatic heterocycles. The summed E-state index contributed by atoms with van der Waals surface area (Å²) in [6.45, 7) is 0.775. The van der Waals surface area contributed by atoms with Crippen LogP contribution in [0.2, 0.25) is 0 Å². The van der Waals surface area contributed by atoms with E-state index >= 15 is 0 Å². The van der Waals surface area contributed by atoms with Gasteiger partial charge in [-0.05, 0) is 29.7 Å². The molecule has 1 aliphatic rings. The molecule has 0 saturated carbocycles. The van der Waals surface area contributed by atoms with Crippen LogP contribution in [0.1, 0.15) is 5.56 Å². The number of rotatable bonds is 1. The third-order valence-electron chi connectivity index (χ3n) is 3.17. The van der Waals surface area contributed by atoms with Crippen LogP contribution < -0.4 is 5.32 Å². The van der Waals surface area contributed by atoms with E-state index in [2.05, 4.69) is 5.32 Å². The van der Waals surface area contributed by atoms with Gasteiger partial charge in [0.25, 0.3) is 0 Å². The van der Waals surface area contributed by atoms with Gasteiger partial charge >= 0.3 is 0 Å². The molecular weight excluding hydrogens is 239 g/mol. The summed E-state index contributed by atoms with van der Waals surface area (Å²) in [4.78, 5) is 0. The first kappa shape index (κ1) is 11.1. The Hall–Kier alpha value is -1.97. The summed E-state index contributed by atoms with van der Waals surface area (Å²) in [5.41, 5.74) is 2.60. The molecule has 0 saturated heterocycles. The van der Waals surface area contributed by atoms with E-state index in [-0.39, 0.29) is 5.56 Å². The number of benzene rings is 2. The van der Waals surface area contributed by atoms with Gasteiger partial charge in [-0.25, -0.2) is 13.2 Å². The normalized spacial score (nSPS) is 13.3. The average Bonchev–Trinajstić information content (AvgIpc) is 2.82. The SMILES string of the molecule is Fc1cc(F)c(-c2cccc3c2CCN3)cc1F. The van der Waals surface area contributed by atoms with Gasteiger partial charge in [0.2, 0.25) is 0 Å². The lowest BCUT2D eigenvalue weighted by Gasteiger charge is -2.09. The molecule has 0 bridgehead atoms. The van der Waals surface area contributed by atoms with E-state index < -0.39 is 17.5 Å². The zero-order chi connectivity index (χ0) is 12.7. The second kappa shape index (κ2) is 4.05. The molecule has 1 N–H and O–H groups in total. The predicted molar refractivity (Wildman–Crippen MR) is 63.9 cm³/mol. The highest BCUT2D eigenvalue weighted by Crippen LogP contribution is 2.34. The lowest BCUT2D eigenvalue weighted by molar-refractivity contribution is 0.496. The fraction of sp³-hybridized carbons (Fsp3) is 0.143. The smallest absolute Gasteiger partial charge is 0.161 e. The third-order valence-corrected chi connectivity index (χ3v) is 3.17. The van der Waals surface area contributed by atoms with E-state index in [0.29, 0.717) is 11.6 Å². The van der Waals surface area contributed by atoms with E-state index in [0.717, 1.165) is 30.3 Å². The summed E-state index contributed by atoms with van der Waals surface area (Å²) in [6.07, 6.45) is 0.754. The van der Waals surface area contributed by atoms with Crippen molar-refractivity contribution in [2.45, 2.75) is 6.42 Å². The van der Waals surface area contributed by atoms with Crippen LogP contribution in [-0.4, -0.2) is 6.54 Å². The number of fused-ring (bicyclic) bond motifs is 1. The Labute approximate surface area is 102 Å². The molecule has 3 rings (SSSR count). The van der Waals surface area contributed by atoms with Gasteiger partial charge in [0.05, 0.1) is 0 Å². The zero-order valence-corrected chi connectivity index (χ0v) is 9.43. The second-order valence-corrected chi connectivity index (χ2v) is 4.25. The largest absolute Gasteiger partial charge is 0.384 e. The molecule has 1 nitrogen and oxygen atoms in total. The first-order chi connectivity index (χ1) is 8.66. The lowest BCUT2D eigenvalue weighted by atomic mass is 9.97. The van der Waals surface area contributed by atoms with E-state index in [4.69, 9.17) is 0 Å². The van der Waals surface area contributed by atoms with Crippen LogP contribution in [0.25, 0.3) is 11.1 Å². The quantitative estimate of drug-likeness (QED) is 0.759. The highest BCUT2D eigenvalue weighted by Gasteiger charge is 2.18. The predicted octanol–water partition coefficient (Wildman–Crippen LogP) is 3.74. The maximum absolute atomic E-state index is 13.8. The molecule has 1 heterocycles. The average molecular weight is 249 g/mol. The minimum Gasteiger partial charge on any atom is -0.384 e. The Kier molecular flexibility index (Phi) is 2.51. The molecule has 92 valence electrons. The van der Waals surface area contributed by atoms with Gasteiger partial charge < -0.3 is 5.32 Å². The van der Waals surface area contributed by atoms with E-state index in [1.807, 2.05) is 6.07 Å². The maximum Gasteiger partial charge on any atom is 0.161 e. The molecule has 0 amide bonds. The van der Waals surface area contributed by atoms with Gasteiger partial charge in [-0.1, -0.05) is 12.1 Å². The Morgan fingerprint density at radius 3 is 2.50 bits per heavy atom. The van der Waals surface area contributed by atoms with Crippen LogP contribution in [0.15, 0.2) is 30.3 Å². The second-order valence-electron chi connectivity index (χ2n) is 4.25. The van der Waals surface area contributed by atoms with Crippen LogP contribution in [-0.2, 0) is 6.42 Å². The topological polar surface area (TPSA) is 12.0 Å². The summed E-state index contributed by atoms with van der Waals surface area (Å²) in [5, 5.41) is 3.17. The lowest BCUT2D eigenvalue weighted by Crippen LogP contribution is -1.94. The Balaban J connectivity index is 2.22. The van der Waals surface area contributed by atoms with Crippen molar-refractivity contribution < 1.29 is 13.2 Å². The van der Waals surface area contributed by atoms with Crippen molar-refractivity contribution >= 4 is 5.69 Å². The highest BCUT2D eigenvalue weighted by molar-refractivity contribution is 5.76. The minimum absolute atomic E-state index is 0.106. The monoisotopic (exact) mass is 249 g/mol. The number of halogens is 3. The molecule has 0 radical (unpaired) electrons. The van der Waals surface area contributed by atoms with Crippen LogP contribution in [0.4, 0.5) is 18.9 Å². The standard InChI is InChI=1S/C14H10F3N/c15-11-7-13(17)12(16)6-10(11)8-2-1-3-14-9(8)4-5-18-14/h1-3,6-7,18H,4-5H2. The molecule has 0 atom stereocenters. The van der Waals surface area contributed by atoms with Crippen LogP contribution >= 0.6 is 0 Å². The Bertz CT molecular complexity index is 623. The first-order valence-corrected chi connectivity index (χ1v) is 5.67. The van der Waals surface area contributed by atoms with Gasteiger partial charge in [-0.3, -0.25) is 0 Å². The van der Waals surface area contributed by atoms with Gasteiger partial charge in [0.1, 0.15) is 5.82 Å². The maximum atomic E-state index is 13.8. The molecule has 0 unspecified atom stereocenters. The summed E-state index contributed by atoms with van der Waals surface area (Å²) < 4.78 is 39.9. The Morgan fingerprint density at radius 1 is 0.889 bits per heavy atom. The van der Waals surface area contributed by atoms with Crippen molar-refractivity contribution in [2.75, 3.05) is 11.9 Å². The molecule has 1 aliphatic heterocycles. The summed E-state index contributed by atoms with van der Waals surface area (Å²) in [6, 6.07) is 6.89. The van der Waals surface area contributed by atoms with E-state index in [1.165, 1.54) is 0 Å². The molecule has 0 fully saturated rings. The highest BCUT2D eigenvalue weighted by atomic mass is 19.2. The fourth-order valence-electron chi connectivity index (χ4n) is 2.33. The number of anilines is 1. The van der Waals surface area contributed by atoms with Crippen LogP contribution in [0, 0.1) is 17.5 Å². The van der Waals surface area contributed by atoms with Crippen molar-refractivity contribution in [3.05, 3.63) is 53.3 Å². The van der Waals surface area contributed by atoms with E-state index in [1.54, 1.807) is 12.1 Å². The molecular formula is C14H10F3N. The Morgan fingerprint density at radius 2 is 1.67 bits per heavy atom. The number of nitrogens with one attached hydrogen (secondary N) is 1. The van der Waals surface area contributed by atoms with Crippen molar-refractivity contribution in [3.63, 3.8) is 0 Å². The van der Waals surface area contributed by atoms with Crippen LogP contribution in [0.3, 0.4) is 0 Å². The zero-order valence-electron chi connectivity index (χ0n) is 9.43. The number of hydrogen-bond acceptors (Lipinski definition) is 1. The molecule has 18 heavy (non-hydrogen) atoms. The van der Waals surface area contributed by atoms with Gasteiger partial charge in [-0.15, -0.1) is 0 Å². The van der Waals surface area contributed by atoms with Gasteiger partial charge in [0, 0.05) is 23.9 Å². The van der Waals surface area contributed by atoms with Crippen LogP contribution in [0.5, 0.6) is 0 Å². The molecule has 4 heteroatoms. The first-order valence-electron chi connectivity index (χ1n) is 5.67. The molecule has 0 spiro atoms. The molecule has 2 aromatic rings. The minimum atomic E-state index is -1.16. The van der Waals surface area contributed by atoms with Crippen molar-refractivity contribution in [1.82, 2.24) is 0 Å². The molecule has 0 aliphatic carbocycles. The third kappa shape index (κ3) is 1.65.